The molecule has 0 aliphatic carbocycles. The van der Waals surface area contributed by atoms with Crippen LogP contribution in [0.1, 0.15) is 140 Å². The fraction of sp³-hybridized carbons (Fsp3) is 0.575. The second-order valence-electron chi connectivity index (χ2n) is 27.8. The van der Waals surface area contributed by atoms with Gasteiger partial charge < -0.3 is 123 Å². The lowest BCUT2D eigenvalue weighted by atomic mass is 9.90. The van der Waals surface area contributed by atoms with Crippen molar-refractivity contribution < 1.29 is 102 Å². The van der Waals surface area contributed by atoms with Gasteiger partial charge in [-0.15, -0.1) is 0 Å². The Morgan fingerprint density at radius 1 is 0.462 bits per heavy atom. The van der Waals surface area contributed by atoms with Crippen LogP contribution in [-0.4, -0.2) is 252 Å². The van der Waals surface area contributed by atoms with E-state index < -0.39 is 181 Å². The van der Waals surface area contributed by atoms with Crippen LogP contribution < -0.4 is 102 Å². The molecule has 0 bridgehead atoms. The van der Waals surface area contributed by atoms with Gasteiger partial charge in [-0.25, -0.2) is 0 Å². The van der Waals surface area contributed by atoms with E-state index in [9.17, 15) is 102 Å². The van der Waals surface area contributed by atoms with Gasteiger partial charge in [0.1, 0.15) is 53.8 Å². The van der Waals surface area contributed by atoms with Crippen molar-refractivity contribution in [2.75, 3.05) is 64.4 Å². The molecule has 0 aromatic heterocycles. The molecule has 2 heterocycles. The number of nitrogens with one attached hydrogen (secondary N) is 18. The average Bonchev–Trinajstić information content (AvgIpc) is 1.73. The van der Waals surface area contributed by atoms with Crippen molar-refractivity contribution >= 4 is 134 Å². The number of Topliss-reactive ketones (excluding diaryl/α,β-unsaturated/α-hetero) is 1. The Bertz CT molecular complexity index is 3750. The highest BCUT2D eigenvalue weighted by molar-refractivity contribution is 8.76. The highest BCUT2D eigenvalue weighted by atomic mass is 33.1. The van der Waals surface area contributed by atoms with Crippen LogP contribution in [0.3, 0.4) is 0 Å². The molecule has 2 aliphatic heterocycles. The summed E-state index contributed by atoms with van der Waals surface area (Å²) in [7, 11) is 4.30. The predicted molar refractivity (Wildman–Crippen MR) is 427 cm³/mol. The summed E-state index contributed by atoms with van der Waals surface area (Å²) in [6.45, 7) is -1.28. The molecule has 44 heteroatoms. The van der Waals surface area contributed by atoms with Crippen LogP contribution in [-0.2, 0) is 94.3 Å². The molecule has 0 spiro atoms. The fourth-order valence-electron chi connectivity index (χ4n) is 11.9. The zero-order chi connectivity index (χ0) is 86.4. The number of carboxylic acid groups (broad SMARTS) is 2. The number of aromatic hydroxyl groups is 2. The summed E-state index contributed by atoms with van der Waals surface area (Å²) in [5.74, 6) is -16.1. The van der Waals surface area contributed by atoms with Crippen molar-refractivity contribution in [3.05, 3.63) is 59.7 Å². The maximum absolute atomic E-state index is 14.6. The first-order valence-electron chi connectivity index (χ1n) is 38.4. The number of carbonyl (C=O) groups is 17. The third-order valence-corrected chi connectivity index (χ3v) is 20.7. The molecule has 10 atom stereocenters. The Hall–Kier alpha value is -11.6. The molecule has 2 aromatic carbocycles. The highest BCUT2D eigenvalue weighted by Crippen LogP contribution is 2.23. The van der Waals surface area contributed by atoms with E-state index >= 15 is 0 Å². The van der Waals surface area contributed by atoms with Crippen molar-refractivity contribution in [2.45, 2.75) is 196 Å². The molecule has 0 saturated carbocycles. The minimum atomic E-state index is -1.76. The first-order chi connectivity index (χ1) is 55.7. The van der Waals surface area contributed by atoms with Crippen molar-refractivity contribution in [2.24, 2.45) is 23.1 Å². The monoisotopic (exact) mass is 1680 g/mol. The van der Waals surface area contributed by atoms with Crippen molar-refractivity contribution in [1.82, 2.24) is 85.1 Å². The van der Waals surface area contributed by atoms with E-state index in [1.54, 1.807) is 0 Å². The summed E-state index contributed by atoms with van der Waals surface area (Å²) in [6, 6.07) is -1.77. The lowest BCUT2D eigenvalue weighted by Crippen LogP contribution is -2.58. The van der Waals surface area contributed by atoms with E-state index in [2.05, 4.69) is 85.1 Å². The Morgan fingerprint density at radius 2 is 0.897 bits per heavy atom. The first kappa shape index (κ1) is 97.8. The molecule has 0 radical (unpaired) electrons. The molecule has 2 aromatic rings. The van der Waals surface area contributed by atoms with Crippen molar-refractivity contribution in [3.8, 4) is 11.5 Å². The molecule has 2 aliphatic rings. The largest absolute Gasteiger partial charge is 0.508 e. The topological polar surface area (TPSA) is 689 Å². The number of hydrogen-bond donors (Lipinski definition) is 25. The summed E-state index contributed by atoms with van der Waals surface area (Å²) in [4.78, 5) is 228. The number of unbranched alkanes of at least 4 members (excludes halogenated alkanes) is 4. The molecule has 4 unspecified atom stereocenters. The second-order valence-corrected chi connectivity index (χ2v) is 30.4. The van der Waals surface area contributed by atoms with Crippen LogP contribution in [0.4, 0.5) is 0 Å². The number of nitrogens with two attached hydrogens (primary N) is 3. The summed E-state index contributed by atoms with van der Waals surface area (Å²) in [6.07, 6.45) is -1.76. The molecule has 14 amide bonds. The molecular weight excluding hydrogens is 1570 g/mol. The number of phenolic OH excluding ortho intramolecular Hbond substituents is 2. The molecule has 2 saturated heterocycles. The molecule has 28 N–H and O–H groups in total. The molecule has 2 fully saturated rings. The number of amides is 14. The van der Waals surface area contributed by atoms with Gasteiger partial charge in [-0.05, 0) is 112 Å². The van der Waals surface area contributed by atoms with Gasteiger partial charge in [0.15, 0.2) is 17.7 Å². The van der Waals surface area contributed by atoms with Gasteiger partial charge in [0, 0.05) is 95.7 Å². The summed E-state index contributed by atoms with van der Waals surface area (Å²) in [5, 5.41) is 95.2. The molecule has 646 valence electrons. The maximum atomic E-state index is 14.6. The number of phenols is 2. The zero-order valence-corrected chi connectivity index (χ0v) is 66.7. The number of guanidine groups is 2. The van der Waals surface area contributed by atoms with E-state index in [0.717, 1.165) is 0 Å². The van der Waals surface area contributed by atoms with E-state index in [-0.39, 0.29) is 164 Å². The Labute approximate surface area is 682 Å². The second kappa shape index (κ2) is 53.6. The van der Waals surface area contributed by atoms with Gasteiger partial charge in [0.2, 0.25) is 82.7 Å². The number of ketones is 1. The number of rotatable bonds is 44. The molecule has 42 nitrogen and oxygen atoms in total. The van der Waals surface area contributed by atoms with Crippen LogP contribution in [0.2, 0.25) is 0 Å². The lowest BCUT2D eigenvalue weighted by molar-refractivity contribution is -0.141. The van der Waals surface area contributed by atoms with Crippen LogP contribution in [0.5, 0.6) is 11.5 Å². The van der Waals surface area contributed by atoms with E-state index in [1.165, 1.54) is 77.2 Å². The van der Waals surface area contributed by atoms with Gasteiger partial charge in [0.25, 0.3) is 0 Å². The minimum absolute atomic E-state index is 0.0472. The minimum Gasteiger partial charge on any atom is -0.508 e. The number of carboxylic acids is 2. The number of hydrogen-bond acceptors (Lipinski definition) is 24. The van der Waals surface area contributed by atoms with Gasteiger partial charge in [-0.3, -0.25) is 92.3 Å². The van der Waals surface area contributed by atoms with Gasteiger partial charge in [0.05, 0.1) is 38.0 Å². The zero-order valence-electron chi connectivity index (χ0n) is 65.1. The van der Waals surface area contributed by atoms with Crippen LogP contribution in [0, 0.1) is 16.7 Å². The number of benzene rings is 2. The van der Waals surface area contributed by atoms with E-state index in [4.69, 9.17) is 28.0 Å². The summed E-state index contributed by atoms with van der Waals surface area (Å²) >= 11 is 0. The maximum Gasteiger partial charge on any atom is 0.305 e. The van der Waals surface area contributed by atoms with Crippen LogP contribution in [0.25, 0.3) is 0 Å². The predicted octanol–water partition coefficient (Wildman–Crippen LogP) is -5.05. The summed E-state index contributed by atoms with van der Waals surface area (Å²) < 4.78 is 0. The Kier molecular flexibility index (Phi) is 44.8. The number of carbonyl (C=O) groups excluding carboxylic acids is 15. The molecule has 4 rings (SSSR count). The normalized spacial score (nSPS) is 19.8. The van der Waals surface area contributed by atoms with Gasteiger partial charge in [-0.2, -0.15) is 0 Å². The quantitative estimate of drug-likeness (QED) is 0.0128. The third-order valence-electron chi connectivity index (χ3n) is 18.3. The summed E-state index contributed by atoms with van der Waals surface area (Å²) in [5.41, 5.74) is 17.7. The smallest absolute Gasteiger partial charge is 0.305 e. The SMILES string of the molecule is CNC(=O)CCSSCC(N)C(=O)NCCCCCC(=O)NC(CCC(=O)NCCCCC1NC(=O)[C@@H](CCCNC(=N)N)NC(=O)CNC(=O)[C@@H](CC(=O)O)NC(=O)[C@H](Cc2ccc(O)cc2)NC1=O)C(=O)NCCCCC1CC(=O)[C@@H](CCCNC(=N)N)NC(=O)CNC(=O)[C@@H](CC(=O)O)NC(=O)[C@H](Cc2ccc(O)cc2)NC1=O. The fourth-order valence-corrected chi connectivity index (χ4v) is 14.0. The molecular formula is C73H111N21O21S2. The van der Waals surface area contributed by atoms with Gasteiger partial charge in [-0.1, -0.05) is 58.7 Å². The average molecular weight is 1680 g/mol. The van der Waals surface area contributed by atoms with Gasteiger partial charge >= 0.3 is 11.9 Å². The van der Waals surface area contributed by atoms with Crippen molar-refractivity contribution in [3.63, 3.8) is 0 Å². The Balaban J connectivity index is 1.55. The third kappa shape index (κ3) is 40.5. The molecule has 117 heavy (non-hydrogen) atoms. The highest BCUT2D eigenvalue weighted by Gasteiger charge is 2.37. The van der Waals surface area contributed by atoms with Crippen LogP contribution >= 0.6 is 21.6 Å². The van der Waals surface area contributed by atoms with Crippen LogP contribution in [0.15, 0.2) is 48.5 Å². The Morgan fingerprint density at radius 3 is 1.42 bits per heavy atom. The van der Waals surface area contributed by atoms with Crippen molar-refractivity contribution in [1.29, 1.82) is 10.8 Å². The van der Waals surface area contributed by atoms with E-state index in [0.29, 0.717) is 48.3 Å². The number of aliphatic carboxylic acids is 2. The lowest BCUT2D eigenvalue weighted by Gasteiger charge is -2.26. The first-order valence-corrected chi connectivity index (χ1v) is 40.8. The van der Waals surface area contributed by atoms with E-state index in [1.807, 2.05) is 0 Å². The standard InChI is InChI=1S/C73H111N21O21S2/c1-79-56(98)26-32-116-117-40-46(74)64(108)81-28-6-2-3-15-58(100)88-50(65(109)82-29-7-4-11-43-35-55(97)47(13-9-30-83-72(75)76)87-59(101)38-85-66(110)53(36-61(103)104)93-70(114)51(91-63(43)107)33-41-16-20-44(95)21-17-41)24-25-57(99)80-27-8-5-12-49-69(113)92-52(34-42-18-22-45(96)23-19-42)71(115)94-54(37-62(105)106)67(111)86-39-60(102)89-48(68(112)90-49)14-10-31-84-73(77)78/h16-23,43,46-54,95-96H,2-15,24-40,74H2,1H3,(H,79,98)(H,80,99)(H,81,108)(H,82,109)(H,85,110)(H,86,111)(H,87,101)(H,88,100)(H,89,102)(H,90,112)(H,91,107)(H,92,113)(H,93,114)(H,94,115)(H,103,104)(H,105,106)(H4,75,76,83)(H4,77,78,84)/t43?,46?,47-,48-,49?,50?,51+,52+,53-,54-/m1/s1.